The molecule has 0 amide bonds. The van der Waals surface area contributed by atoms with Gasteiger partial charge >= 0.3 is 0 Å². The molecule has 4 aromatic rings. The van der Waals surface area contributed by atoms with E-state index in [1.54, 1.807) is 0 Å². The predicted octanol–water partition coefficient (Wildman–Crippen LogP) is 6.00. The summed E-state index contributed by atoms with van der Waals surface area (Å²) in [4.78, 5) is 0. The highest BCUT2D eigenvalue weighted by molar-refractivity contribution is 5.85. The number of para-hydroxylation sites is 2. The Balaban J connectivity index is 1.76. The Labute approximate surface area is 147 Å². The molecule has 0 aliphatic heterocycles. The normalized spacial score (nSPS) is 10.8. The van der Waals surface area contributed by atoms with Gasteiger partial charge in [0.1, 0.15) is 11.5 Å². The smallest absolute Gasteiger partial charge is 0.268 e. The van der Waals surface area contributed by atoms with E-state index in [-0.39, 0.29) is 0 Å². The van der Waals surface area contributed by atoms with Crippen LogP contribution in [-0.4, -0.2) is 0 Å². The van der Waals surface area contributed by atoms with Crippen molar-refractivity contribution >= 4 is 10.8 Å². The summed E-state index contributed by atoms with van der Waals surface area (Å²) in [6.07, 6.45) is -0.532. The third kappa shape index (κ3) is 3.48. The van der Waals surface area contributed by atoms with Crippen LogP contribution in [0.2, 0.25) is 0 Å². The Hall–Kier alpha value is -3.26. The van der Waals surface area contributed by atoms with Gasteiger partial charge in [-0.3, -0.25) is 0 Å². The molecule has 0 atom stereocenters. The SMILES string of the molecule is c1ccc(OC(Oc2ccccc2)c2cccc3ccccc23)cc1. The van der Waals surface area contributed by atoms with Gasteiger partial charge in [-0.25, -0.2) is 0 Å². The van der Waals surface area contributed by atoms with Gasteiger partial charge in [0, 0.05) is 5.56 Å². The Morgan fingerprint density at radius 3 is 1.64 bits per heavy atom. The van der Waals surface area contributed by atoms with Crippen molar-refractivity contribution in [1.82, 2.24) is 0 Å². The number of hydrogen-bond acceptors (Lipinski definition) is 2. The van der Waals surface area contributed by atoms with Gasteiger partial charge in [0.05, 0.1) is 0 Å². The lowest BCUT2D eigenvalue weighted by atomic mass is 10.0. The average Bonchev–Trinajstić information content (AvgIpc) is 2.69. The van der Waals surface area contributed by atoms with Crippen LogP contribution in [-0.2, 0) is 0 Å². The molecule has 0 heterocycles. The largest absolute Gasteiger partial charge is 0.451 e. The third-order valence-corrected chi connectivity index (χ3v) is 4.05. The maximum absolute atomic E-state index is 6.19. The summed E-state index contributed by atoms with van der Waals surface area (Å²) in [6, 6.07) is 34.0. The van der Waals surface area contributed by atoms with Crippen LogP contribution in [0.15, 0.2) is 103 Å². The summed E-state index contributed by atoms with van der Waals surface area (Å²) in [5.74, 6) is 1.55. The molecule has 0 bridgehead atoms. The molecule has 25 heavy (non-hydrogen) atoms. The Bertz CT molecular complexity index is 902. The monoisotopic (exact) mass is 326 g/mol. The van der Waals surface area contributed by atoms with Crippen molar-refractivity contribution in [3.05, 3.63) is 109 Å². The minimum absolute atomic E-state index is 0.532. The molecule has 0 saturated heterocycles. The maximum Gasteiger partial charge on any atom is 0.268 e. The van der Waals surface area contributed by atoms with Crippen LogP contribution >= 0.6 is 0 Å². The van der Waals surface area contributed by atoms with Crippen molar-refractivity contribution in [1.29, 1.82) is 0 Å². The zero-order chi connectivity index (χ0) is 16.9. The zero-order valence-electron chi connectivity index (χ0n) is 13.7. The first-order chi connectivity index (χ1) is 12.4. The molecular weight excluding hydrogens is 308 g/mol. The zero-order valence-corrected chi connectivity index (χ0v) is 13.7. The van der Waals surface area contributed by atoms with Gasteiger partial charge in [-0.1, -0.05) is 78.9 Å². The first-order valence-corrected chi connectivity index (χ1v) is 8.31. The van der Waals surface area contributed by atoms with Crippen molar-refractivity contribution in [3.63, 3.8) is 0 Å². The van der Waals surface area contributed by atoms with Crippen molar-refractivity contribution in [3.8, 4) is 11.5 Å². The molecular formula is C23H18O2. The van der Waals surface area contributed by atoms with Gasteiger partial charge in [-0.15, -0.1) is 0 Å². The van der Waals surface area contributed by atoms with Crippen LogP contribution in [0.5, 0.6) is 11.5 Å². The second kappa shape index (κ2) is 7.10. The van der Waals surface area contributed by atoms with Crippen LogP contribution in [0.4, 0.5) is 0 Å². The standard InChI is InChI=1S/C23H18O2/c1-3-12-19(13-4-1)24-23(25-20-14-5-2-6-15-20)22-17-9-11-18-10-7-8-16-21(18)22/h1-17,23H. The molecule has 0 aliphatic rings. The first-order valence-electron chi connectivity index (χ1n) is 8.31. The van der Waals surface area contributed by atoms with Crippen molar-refractivity contribution in [2.75, 3.05) is 0 Å². The molecule has 0 spiro atoms. The molecule has 2 heteroatoms. The summed E-state index contributed by atoms with van der Waals surface area (Å²) in [5, 5.41) is 2.29. The molecule has 4 rings (SSSR count). The van der Waals surface area contributed by atoms with Crippen LogP contribution in [0.1, 0.15) is 11.9 Å². The van der Waals surface area contributed by atoms with Crippen LogP contribution in [0, 0.1) is 0 Å². The summed E-state index contributed by atoms with van der Waals surface area (Å²) >= 11 is 0. The molecule has 122 valence electrons. The van der Waals surface area contributed by atoms with E-state index in [2.05, 4.69) is 24.3 Å². The van der Waals surface area contributed by atoms with E-state index in [1.807, 2.05) is 78.9 Å². The third-order valence-electron chi connectivity index (χ3n) is 4.05. The number of hydrogen-bond donors (Lipinski definition) is 0. The second-order valence-corrected chi connectivity index (χ2v) is 5.76. The van der Waals surface area contributed by atoms with Crippen LogP contribution in [0.25, 0.3) is 10.8 Å². The van der Waals surface area contributed by atoms with Gasteiger partial charge < -0.3 is 9.47 Å². The minimum Gasteiger partial charge on any atom is -0.451 e. The van der Waals surface area contributed by atoms with E-state index in [0.717, 1.165) is 22.4 Å². The van der Waals surface area contributed by atoms with Gasteiger partial charge in [0.15, 0.2) is 0 Å². The van der Waals surface area contributed by atoms with Gasteiger partial charge in [-0.2, -0.15) is 0 Å². The molecule has 0 aromatic heterocycles. The molecule has 0 radical (unpaired) electrons. The highest BCUT2D eigenvalue weighted by Crippen LogP contribution is 2.30. The fraction of sp³-hybridized carbons (Fsp3) is 0.0435. The fourth-order valence-electron chi connectivity index (χ4n) is 2.85. The van der Waals surface area contributed by atoms with Gasteiger partial charge in [-0.05, 0) is 35.0 Å². The Morgan fingerprint density at radius 2 is 1.00 bits per heavy atom. The van der Waals surface area contributed by atoms with Crippen molar-refractivity contribution < 1.29 is 9.47 Å². The number of fused-ring (bicyclic) bond motifs is 1. The molecule has 4 aromatic carbocycles. The molecule has 0 fully saturated rings. The van der Waals surface area contributed by atoms with E-state index < -0.39 is 6.29 Å². The van der Waals surface area contributed by atoms with Gasteiger partial charge in [0.2, 0.25) is 0 Å². The molecule has 0 saturated carbocycles. The fourth-order valence-corrected chi connectivity index (χ4v) is 2.85. The summed E-state index contributed by atoms with van der Waals surface area (Å²) in [5.41, 5.74) is 1.01. The number of rotatable bonds is 5. The number of benzene rings is 4. The second-order valence-electron chi connectivity index (χ2n) is 5.76. The van der Waals surface area contributed by atoms with E-state index >= 15 is 0 Å². The summed E-state index contributed by atoms with van der Waals surface area (Å²) in [6.45, 7) is 0. The predicted molar refractivity (Wildman–Crippen MR) is 101 cm³/mol. The summed E-state index contributed by atoms with van der Waals surface area (Å²) in [7, 11) is 0. The molecule has 2 nitrogen and oxygen atoms in total. The van der Waals surface area contributed by atoms with E-state index in [4.69, 9.17) is 9.47 Å². The lowest BCUT2D eigenvalue weighted by molar-refractivity contribution is 0.00502. The highest BCUT2D eigenvalue weighted by atomic mass is 16.7. The lowest BCUT2D eigenvalue weighted by Gasteiger charge is -2.22. The quantitative estimate of drug-likeness (QED) is 0.419. The van der Waals surface area contributed by atoms with E-state index in [1.165, 1.54) is 5.39 Å². The van der Waals surface area contributed by atoms with E-state index in [9.17, 15) is 0 Å². The molecule has 0 aliphatic carbocycles. The molecule has 0 unspecified atom stereocenters. The minimum atomic E-state index is -0.532. The van der Waals surface area contributed by atoms with Crippen LogP contribution in [0.3, 0.4) is 0 Å². The number of ether oxygens (including phenoxy) is 2. The topological polar surface area (TPSA) is 18.5 Å². The Morgan fingerprint density at radius 1 is 0.480 bits per heavy atom. The first kappa shape index (κ1) is 15.3. The van der Waals surface area contributed by atoms with Gasteiger partial charge in [0.25, 0.3) is 6.29 Å². The lowest BCUT2D eigenvalue weighted by Crippen LogP contribution is -2.15. The van der Waals surface area contributed by atoms with Crippen molar-refractivity contribution in [2.45, 2.75) is 6.29 Å². The molecule has 0 N–H and O–H groups in total. The average molecular weight is 326 g/mol. The highest BCUT2D eigenvalue weighted by Gasteiger charge is 2.18. The van der Waals surface area contributed by atoms with E-state index in [0.29, 0.717) is 0 Å². The maximum atomic E-state index is 6.19. The Kier molecular flexibility index (Phi) is 4.34. The van der Waals surface area contributed by atoms with Crippen LogP contribution < -0.4 is 9.47 Å². The summed E-state index contributed by atoms with van der Waals surface area (Å²) < 4.78 is 12.4. The van der Waals surface area contributed by atoms with Crippen molar-refractivity contribution in [2.24, 2.45) is 0 Å².